The van der Waals surface area contributed by atoms with Gasteiger partial charge in [-0.1, -0.05) is 24.3 Å². The van der Waals surface area contributed by atoms with Crippen molar-refractivity contribution in [3.8, 4) is 5.75 Å². The molecule has 7 nitrogen and oxygen atoms in total. The van der Waals surface area contributed by atoms with Gasteiger partial charge in [0.2, 0.25) is 0 Å². The third-order valence-corrected chi connectivity index (χ3v) is 4.95. The fraction of sp³-hybridized carbons (Fsp3) is 0.300. The Labute approximate surface area is 157 Å². The summed E-state index contributed by atoms with van der Waals surface area (Å²) in [6, 6.07) is 15.8. The predicted octanol–water partition coefficient (Wildman–Crippen LogP) is 2.71. The van der Waals surface area contributed by atoms with Crippen molar-refractivity contribution in [1.29, 1.82) is 0 Å². The van der Waals surface area contributed by atoms with E-state index in [4.69, 9.17) is 4.74 Å². The second-order valence-electron chi connectivity index (χ2n) is 6.63. The summed E-state index contributed by atoms with van der Waals surface area (Å²) in [5.41, 5.74) is 2.90. The fourth-order valence-corrected chi connectivity index (χ4v) is 3.54. The molecule has 4 rings (SSSR count). The zero-order chi connectivity index (χ0) is 18.6. The summed E-state index contributed by atoms with van der Waals surface area (Å²) in [7, 11) is 1.66. The van der Waals surface area contributed by atoms with Gasteiger partial charge < -0.3 is 9.64 Å². The number of aromatic nitrogens is 4. The van der Waals surface area contributed by atoms with E-state index in [-0.39, 0.29) is 11.9 Å². The SMILES string of the molecule is COc1ccc([C@@H]2CCCN2C(=O)c2ccc(Cn3cnnn3)cc2)cc1. The van der Waals surface area contributed by atoms with Crippen LogP contribution < -0.4 is 4.74 Å². The number of methoxy groups -OCH3 is 1. The molecule has 138 valence electrons. The van der Waals surface area contributed by atoms with Crippen molar-refractivity contribution in [2.24, 2.45) is 0 Å². The average Bonchev–Trinajstić information content (AvgIpc) is 3.40. The molecule has 1 amide bonds. The lowest BCUT2D eigenvalue weighted by atomic mass is 10.0. The first kappa shape index (κ1) is 17.2. The number of hydrogen-bond donors (Lipinski definition) is 0. The van der Waals surface area contributed by atoms with Crippen LogP contribution in [0.4, 0.5) is 0 Å². The largest absolute Gasteiger partial charge is 0.497 e. The van der Waals surface area contributed by atoms with Crippen molar-refractivity contribution in [2.75, 3.05) is 13.7 Å². The van der Waals surface area contributed by atoms with Crippen molar-refractivity contribution < 1.29 is 9.53 Å². The lowest BCUT2D eigenvalue weighted by molar-refractivity contribution is 0.0735. The molecule has 0 unspecified atom stereocenters. The number of ether oxygens (including phenoxy) is 1. The van der Waals surface area contributed by atoms with Crippen LogP contribution in [-0.2, 0) is 6.54 Å². The summed E-state index contributed by atoms with van der Waals surface area (Å²) in [5.74, 6) is 0.898. The van der Waals surface area contributed by atoms with Gasteiger partial charge in [-0.15, -0.1) is 5.10 Å². The van der Waals surface area contributed by atoms with Crippen LogP contribution in [0, 0.1) is 0 Å². The molecule has 0 N–H and O–H groups in total. The van der Waals surface area contributed by atoms with Crippen molar-refractivity contribution in [2.45, 2.75) is 25.4 Å². The van der Waals surface area contributed by atoms with Crippen LogP contribution in [0.3, 0.4) is 0 Å². The van der Waals surface area contributed by atoms with E-state index in [9.17, 15) is 4.79 Å². The summed E-state index contributed by atoms with van der Waals surface area (Å²) >= 11 is 0. The number of rotatable bonds is 5. The van der Waals surface area contributed by atoms with Crippen LogP contribution in [0.2, 0.25) is 0 Å². The minimum absolute atomic E-state index is 0.0716. The monoisotopic (exact) mass is 363 g/mol. The number of benzene rings is 2. The highest BCUT2D eigenvalue weighted by molar-refractivity contribution is 5.94. The molecule has 1 saturated heterocycles. The van der Waals surface area contributed by atoms with Gasteiger partial charge in [-0.3, -0.25) is 4.79 Å². The Kier molecular flexibility index (Phi) is 4.82. The molecule has 1 aliphatic heterocycles. The van der Waals surface area contributed by atoms with E-state index in [0.717, 1.165) is 36.3 Å². The maximum atomic E-state index is 13.0. The van der Waals surface area contributed by atoms with Crippen molar-refractivity contribution >= 4 is 5.91 Å². The number of carbonyl (C=O) groups excluding carboxylic acids is 1. The van der Waals surface area contributed by atoms with Crippen molar-refractivity contribution in [1.82, 2.24) is 25.1 Å². The van der Waals surface area contributed by atoms with Gasteiger partial charge >= 0.3 is 0 Å². The molecule has 3 aromatic rings. The second kappa shape index (κ2) is 7.57. The highest BCUT2D eigenvalue weighted by Crippen LogP contribution is 2.33. The predicted molar refractivity (Wildman–Crippen MR) is 99.4 cm³/mol. The van der Waals surface area contributed by atoms with Gasteiger partial charge in [0.15, 0.2) is 0 Å². The van der Waals surface area contributed by atoms with E-state index < -0.39 is 0 Å². The minimum atomic E-state index is 0.0716. The standard InChI is InChI=1S/C20H21N5O2/c1-27-18-10-8-16(9-11-18)19-3-2-12-25(19)20(26)17-6-4-15(5-7-17)13-24-14-21-22-23-24/h4-11,14,19H,2-3,12-13H2,1H3/t19-/m0/s1. The normalized spacial score (nSPS) is 16.5. The summed E-state index contributed by atoms with van der Waals surface area (Å²) < 4.78 is 6.88. The van der Waals surface area contributed by atoms with Gasteiger partial charge in [-0.05, 0) is 58.7 Å². The molecule has 2 aromatic carbocycles. The van der Waals surface area contributed by atoms with Crippen LogP contribution in [0.1, 0.15) is 40.4 Å². The molecule has 1 fully saturated rings. The van der Waals surface area contributed by atoms with Crippen LogP contribution in [-0.4, -0.2) is 44.7 Å². The molecular weight excluding hydrogens is 342 g/mol. The first-order chi connectivity index (χ1) is 13.2. The molecule has 1 atom stereocenters. The average molecular weight is 363 g/mol. The molecule has 1 aromatic heterocycles. The smallest absolute Gasteiger partial charge is 0.254 e. The fourth-order valence-electron chi connectivity index (χ4n) is 3.54. The lowest BCUT2D eigenvalue weighted by Gasteiger charge is -2.25. The first-order valence-electron chi connectivity index (χ1n) is 8.99. The third-order valence-electron chi connectivity index (χ3n) is 4.95. The van der Waals surface area contributed by atoms with E-state index in [1.165, 1.54) is 0 Å². The Morgan fingerprint density at radius 1 is 1.15 bits per heavy atom. The number of nitrogens with zero attached hydrogens (tertiary/aromatic N) is 5. The Hall–Kier alpha value is -3.22. The Balaban J connectivity index is 1.48. The lowest BCUT2D eigenvalue weighted by Crippen LogP contribution is -2.30. The molecule has 0 spiro atoms. The quantitative estimate of drug-likeness (QED) is 0.697. The molecular formula is C20H21N5O2. The number of tetrazole rings is 1. The summed E-state index contributed by atoms with van der Waals surface area (Å²) in [4.78, 5) is 15.0. The van der Waals surface area contributed by atoms with Gasteiger partial charge in [0.05, 0.1) is 19.7 Å². The summed E-state index contributed by atoms with van der Waals surface area (Å²) in [6.45, 7) is 1.36. The van der Waals surface area contributed by atoms with Gasteiger partial charge in [-0.25, -0.2) is 4.68 Å². The van der Waals surface area contributed by atoms with Gasteiger partial charge in [0, 0.05) is 12.1 Å². The molecule has 1 aliphatic rings. The van der Waals surface area contributed by atoms with Crippen LogP contribution in [0.25, 0.3) is 0 Å². The number of likely N-dealkylation sites (tertiary alicyclic amines) is 1. The van der Waals surface area contributed by atoms with Crippen molar-refractivity contribution in [3.05, 3.63) is 71.5 Å². The van der Waals surface area contributed by atoms with E-state index in [2.05, 4.69) is 15.5 Å². The molecule has 27 heavy (non-hydrogen) atoms. The number of amides is 1. The first-order valence-corrected chi connectivity index (χ1v) is 8.99. The zero-order valence-electron chi connectivity index (χ0n) is 15.2. The maximum absolute atomic E-state index is 13.0. The molecule has 0 aliphatic carbocycles. The van der Waals surface area contributed by atoms with E-state index in [1.54, 1.807) is 18.1 Å². The Morgan fingerprint density at radius 2 is 1.93 bits per heavy atom. The second-order valence-corrected chi connectivity index (χ2v) is 6.63. The van der Waals surface area contributed by atoms with Crippen LogP contribution in [0.15, 0.2) is 54.9 Å². The number of hydrogen-bond acceptors (Lipinski definition) is 5. The van der Waals surface area contributed by atoms with Gasteiger partial charge in [0.1, 0.15) is 12.1 Å². The van der Waals surface area contributed by atoms with E-state index in [1.807, 2.05) is 53.4 Å². The van der Waals surface area contributed by atoms with Gasteiger partial charge in [0.25, 0.3) is 5.91 Å². The maximum Gasteiger partial charge on any atom is 0.254 e. The summed E-state index contributed by atoms with van der Waals surface area (Å²) in [6.07, 6.45) is 3.57. The van der Waals surface area contributed by atoms with E-state index in [0.29, 0.717) is 12.1 Å². The topological polar surface area (TPSA) is 73.1 Å². The van der Waals surface area contributed by atoms with Crippen LogP contribution in [0.5, 0.6) is 5.75 Å². The molecule has 0 bridgehead atoms. The Morgan fingerprint density at radius 3 is 2.59 bits per heavy atom. The third kappa shape index (κ3) is 3.67. The van der Waals surface area contributed by atoms with E-state index >= 15 is 0 Å². The zero-order valence-corrected chi connectivity index (χ0v) is 15.2. The Bertz CT molecular complexity index is 891. The molecule has 2 heterocycles. The van der Waals surface area contributed by atoms with Gasteiger partial charge in [-0.2, -0.15) is 0 Å². The summed E-state index contributed by atoms with van der Waals surface area (Å²) in [5, 5.41) is 11.1. The molecule has 7 heteroatoms. The molecule has 0 radical (unpaired) electrons. The molecule has 0 saturated carbocycles. The highest BCUT2D eigenvalue weighted by atomic mass is 16.5. The van der Waals surface area contributed by atoms with Crippen LogP contribution >= 0.6 is 0 Å². The number of carbonyl (C=O) groups is 1. The van der Waals surface area contributed by atoms with Crippen molar-refractivity contribution in [3.63, 3.8) is 0 Å². The highest BCUT2D eigenvalue weighted by Gasteiger charge is 2.30. The minimum Gasteiger partial charge on any atom is -0.497 e.